The van der Waals surface area contributed by atoms with Crippen molar-refractivity contribution >= 4 is 17.5 Å². The Bertz CT molecular complexity index is 660. The second-order valence-corrected chi connectivity index (χ2v) is 5.54. The minimum absolute atomic E-state index is 0.189. The molecule has 21 heavy (non-hydrogen) atoms. The minimum atomic E-state index is -0.189. The highest BCUT2D eigenvalue weighted by molar-refractivity contribution is 6.01. The van der Waals surface area contributed by atoms with E-state index in [9.17, 15) is 4.79 Å². The number of fused-ring (bicyclic) bond motifs is 1. The summed E-state index contributed by atoms with van der Waals surface area (Å²) in [7, 11) is 0. The molecule has 7 heteroatoms. The monoisotopic (exact) mass is 284 g/mol. The molecule has 0 unspecified atom stereocenters. The molecule has 1 aliphatic heterocycles. The Kier molecular flexibility index (Phi) is 2.83. The van der Waals surface area contributed by atoms with E-state index in [4.69, 9.17) is 0 Å². The van der Waals surface area contributed by atoms with Crippen LogP contribution in [0.4, 0.5) is 16.3 Å². The number of aromatic nitrogens is 4. The predicted octanol–water partition coefficient (Wildman–Crippen LogP) is 2.06. The zero-order valence-electron chi connectivity index (χ0n) is 11.5. The normalized spacial score (nSPS) is 17.4. The number of rotatable bonds is 2. The number of hydrogen-bond donors (Lipinski definition) is 2. The van der Waals surface area contributed by atoms with E-state index in [0.29, 0.717) is 18.3 Å². The third-order valence-corrected chi connectivity index (χ3v) is 3.96. The van der Waals surface area contributed by atoms with E-state index in [1.807, 2.05) is 12.1 Å². The molecular formula is C14H16N6O. The van der Waals surface area contributed by atoms with Crippen LogP contribution in [0.15, 0.2) is 18.3 Å². The van der Waals surface area contributed by atoms with Crippen molar-refractivity contribution in [2.45, 2.75) is 31.6 Å². The summed E-state index contributed by atoms with van der Waals surface area (Å²) in [6, 6.07) is 3.57. The third kappa shape index (κ3) is 2.35. The van der Waals surface area contributed by atoms with Gasteiger partial charge >= 0.3 is 6.03 Å². The number of anilines is 2. The first-order valence-corrected chi connectivity index (χ1v) is 7.25. The van der Waals surface area contributed by atoms with Gasteiger partial charge in [-0.25, -0.2) is 4.79 Å². The quantitative estimate of drug-likeness (QED) is 0.883. The van der Waals surface area contributed by atoms with E-state index in [1.165, 1.54) is 12.8 Å². The van der Waals surface area contributed by atoms with Crippen LogP contribution in [0, 0.1) is 0 Å². The lowest BCUT2D eigenvalue weighted by atomic mass is 10.1. The molecule has 1 fully saturated rings. The number of nitrogens with one attached hydrogen (secondary N) is 2. The summed E-state index contributed by atoms with van der Waals surface area (Å²) >= 11 is 0. The Morgan fingerprint density at radius 2 is 2.24 bits per heavy atom. The summed E-state index contributed by atoms with van der Waals surface area (Å²) in [6.07, 6.45) is 5.93. The summed E-state index contributed by atoms with van der Waals surface area (Å²) in [5, 5.41) is 18.0. The van der Waals surface area contributed by atoms with Gasteiger partial charge in [0, 0.05) is 12.5 Å². The number of aromatic amines is 1. The average molecular weight is 284 g/mol. The van der Waals surface area contributed by atoms with Crippen LogP contribution in [0.2, 0.25) is 0 Å². The molecule has 0 spiro atoms. The first-order valence-electron chi connectivity index (χ1n) is 7.25. The molecule has 2 amide bonds. The summed E-state index contributed by atoms with van der Waals surface area (Å²) in [6.45, 7) is 0.686. The van der Waals surface area contributed by atoms with E-state index in [2.05, 4.69) is 25.7 Å². The number of amides is 2. The molecule has 2 N–H and O–H groups in total. The number of carbonyl (C=O) groups is 1. The van der Waals surface area contributed by atoms with E-state index in [1.54, 1.807) is 11.1 Å². The van der Waals surface area contributed by atoms with Crippen molar-refractivity contribution in [1.29, 1.82) is 0 Å². The van der Waals surface area contributed by atoms with Gasteiger partial charge in [-0.15, -0.1) is 5.10 Å². The lowest BCUT2D eigenvalue weighted by molar-refractivity contribution is 0.256. The Labute approximate surface area is 121 Å². The SMILES string of the molecule is O=C(Nc1ccc(C2CC2)nn1)N1CCCc2[nH]ncc21. The first-order chi connectivity index (χ1) is 10.3. The zero-order valence-corrected chi connectivity index (χ0v) is 11.5. The van der Waals surface area contributed by atoms with Gasteiger partial charge in [0.15, 0.2) is 5.82 Å². The zero-order chi connectivity index (χ0) is 14.2. The highest BCUT2D eigenvalue weighted by Crippen LogP contribution is 2.38. The Balaban J connectivity index is 1.48. The van der Waals surface area contributed by atoms with Gasteiger partial charge in [-0.3, -0.25) is 15.3 Å². The van der Waals surface area contributed by atoms with Crippen molar-refractivity contribution < 1.29 is 4.79 Å². The van der Waals surface area contributed by atoms with E-state index in [0.717, 1.165) is 29.9 Å². The van der Waals surface area contributed by atoms with E-state index < -0.39 is 0 Å². The highest BCUT2D eigenvalue weighted by Gasteiger charge is 2.26. The van der Waals surface area contributed by atoms with Gasteiger partial charge in [0.2, 0.25) is 0 Å². The number of hydrogen-bond acceptors (Lipinski definition) is 4. The molecule has 0 radical (unpaired) electrons. The standard InChI is InChI=1S/C14H16N6O/c21-14(20-7-1-2-11-12(20)8-15-17-11)16-13-6-5-10(18-19-13)9-3-4-9/h5-6,8-9H,1-4,7H2,(H,15,17)(H,16,19,21). The molecule has 0 saturated heterocycles. The topological polar surface area (TPSA) is 86.8 Å². The van der Waals surface area contributed by atoms with Gasteiger partial charge in [-0.2, -0.15) is 10.2 Å². The largest absolute Gasteiger partial charge is 0.327 e. The average Bonchev–Trinajstić information content (AvgIpc) is 3.24. The molecule has 108 valence electrons. The summed E-state index contributed by atoms with van der Waals surface area (Å²) in [4.78, 5) is 14.1. The number of aryl methyl sites for hydroxylation is 1. The van der Waals surface area contributed by atoms with Crippen molar-refractivity contribution in [3.63, 3.8) is 0 Å². The number of H-pyrrole nitrogens is 1. The Morgan fingerprint density at radius 1 is 1.33 bits per heavy atom. The second-order valence-electron chi connectivity index (χ2n) is 5.54. The summed E-state index contributed by atoms with van der Waals surface area (Å²) in [5.41, 5.74) is 2.87. The van der Waals surface area contributed by atoms with Gasteiger partial charge in [-0.1, -0.05) is 0 Å². The molecule has 1 aliphatic carbocycles. The van der Waals surface area contributed by atoms with Crippen molar-refractivity contribution in [1.82, 2.24) is 20.4 Å². The first kappa shape index (κ1) is 12.3. The number of urea groups is 1. The van der Waals surface area contributed by atoms with Crippen LogP contribution >= 0.6 is 0 Å². The number of carbonyl (C=O) groups excluding carboxylic acids is 1. The smallest absolute Gasteiger partial charge is 0.291 e. The lowest BCUT2D eigenvalue weighted by Gasteiger charge is -2.26. The fourth-order valence-electron chi connectivity index (χ4n) is 2.65. The van der Waals surface area contributed by atoms with Gasteiger partial charge in [-0.05, 0) is 37.8 Å². The van der Waals surface area contributed by atoms with Crippen LogP contribution in [0.1, 0.15) is 36.6 Å². The minimum Gasteiger partial charge on any atom is -0.291 e. The third-order valence-electron chi connectivity index (χ3n) is 3.96. The van der Waals surface area contributed by atoms with Gasteiger partial charge in [0.05, 0.1) is 23.3 Å². The lowest BCUT2D eigenvalue weighted by Crippen LogP contribution is -2.38. The Morgan fingerprint density at radius 3 is 3.00 bits per heavy atom. The molecule has 0 bridgehead atoms. The highest BCUT2D eigenvalue weighted by atomic mass is 16.2. The van der Waals surface area contributed by atoms with Crippen LogP contribution in [0.3, 0.4) is 0 Å². The fourth-order valence-corrected chi connectivity index (χ4v) is 2.65. The van der Waals surface area contributed by atoms with Crippen molar-refractivity contribution in [3.8, 4) is 0 Å². The van der Waals surface area contributed by atoms with Crippen molar-refractivity contribution in [2.24, 2.45) is 0 Å². The fraction of sp³-hybridized carbons (Fsp3) is 0.429. The summed E-state index contributed by atoms with van der Waals surface area (Å²) in [5.74, 6) is 1.05. The van der Waals surface area contributed by atoms with Crippen LogP contribution in [-0.2, 0) is 6.42 Å². The molecular weight excluding hydrogens is 268 g/mol. The van der Waals surface area contributed by atoms with E-state index in [-0.39, 0.29) is 6.03 Å². The molecule has 0 atom stereocenters. The molecule has 1 saturated carbocycles. The predicted molar refractivity (Wildman–Crippen MR) is 77.3 cm³/mol. The van der Waals surface area contributed by atoms with E-state index >= 15 is 0 Å². The van der Waals surface area contributed by atoms with Gasteiger partial charge in [0.1, 0.15) is 0 Å². The van der Waals surface area contributed by atoms with Crippen LogP contribution in [0.25, 0.3) is 0 Å². The molecule has 0 aromatic carbocycles. The second kappa shape index (κ2) is 4.83. The maximum Gasteiger partial charge on any atom is 0.327 e. The number of nitrogens with zero attached hydrogens (tertiary/aromatic N) is 4. The molecule has 4 rings (SSSR count). The van der Waals surface area contributed by atoms with Gasteiger partial charge < -0.3 is 0 Å². The van der Waals surface area contributed by atoms with Crippen LogP contribution in [-0.4, -0.2) is 33.0 Å². The van der Waals surface area contributed by atoms with Crippen molar-refractivity contribution in [3.05, 3.63) is 29.7 Å². The molecule has 3 heterocycles. The Hall–Kier alpha value is -2.44. The van der Waals surface area contributed by atoms with Crippen molar-refractivity contribution in [2.75, 3.05) is 16.8 Å². The molecule has 2 aromatic heterocycles. The van der Waals surface area contributed by atoms with Crippen LogP contribution in [0.5, 0.6) is 0 Å². The summed E-state index contributed by atoms with van der Waals surface area (Å²) < 4.78 is 0. The molecule has 2 aromatic rings. The van der Waals surface area contributed by atoms with Gasteiger partial charge in [0.25, 0.3) is 0 Å². The molecule has 2 aliphatic rings. The molecule has 7 nitrogen and oxygen atoms in total. The maximum absolute atomic E-state index is 12.4. The maximum atomic E-state index is 12.4. The van der Waals surface area contributed by atoms with Crippen LogP contribution < -0.4 is 10.2 Å².